The zero-order valence-electron chi connectivity index (χ0n) is 8.96. The summed E-state index contributed by atoms with van der Waals surface area (Å²) >= 11 is 5.97. The summed E-state index contributed by atoms with van der Waals surface area (Å²) in [4.78, 5) is 0. The van der Waals surface area contributed by atoms with Crippen molar-refractivity contribution < 1.29 is 0 Å². The van der Waals surface area contributed by atoms with E-state index in [1.165, 1.54) is 0 Å². The van der Waals surface area contributed by atoms with Gasteiger partial charge in [-0.1, -0.05) is 17.7 Å². The average molecular weight is 222 g/mol. The fraction of sp³-hybridized carbons (Fsp3) is 0.385. The van der Waals surface area contributed by atoms with E-state index in [4.69, 9.17) is 23.8 Å². The Bertz CT molecular complexity index is 345. The summed E-state index contributed by atoms with van der Waals surface area (Å²) in [6.45, 7) is 2.02. The Labute approximate surface area is 96.6 Å². The van der Waals surface area contributed by atoms with E-state index in [0.717, 1.165) is 35.4 Å². The van der Waals surface area contributed by atoms with Gasteiger partial charge in [-0.25, -0.2) is 0 Å². The van der Waals surface area contributed by atoms with Gasteiger partial charge >= 0.3 is 0 Å². The molecule has 80 valence electrons. The van der Waals surface area contributed by atoms with Crippen LogP contribution in [0.1, 0.15) is 36.4 Å². The second-order valence-corrected chi connectivity index (χ2v) is 4.20. The molecule has 0 spiro atoms. The molecule has 1 unspecified atom stereocenters. The fourth-order valence-electron chi connectivity index (χ4n) is 1.57. The fourth-order valence-corrected chi connectivity index (χ4v) is 1.87. The van der Waals surface area contributed by atoms with Gasteiger partial charge in [0, 0.05) is 17.5 Å². The van der Waals surface area contributed by atoms with Crippen LogP contribution in [0.4, 0.5) is 0 Å². The predicted octanol–water partition coefficient (Wildman–Crippen LogP) is 3.45. The highest BCUT2D eigenvalue weighted by molar-refractivity contribution is 6.30. The normalized spacial score (nSPS) is 12.1. The SMILES string of the molecule is C#CCCCC(N)c1cc(C)cc(Cl)c1. The van der Waals surface area contributed by atoms with Gasteiger partial charge in [0.05, 0.1) is 0 Å². The Morgan fingerprint density at radius 3 is 2.80 bits per heavy atom. The van der Waals surface area contributed by atoms with Gasteiger partial charge in [0.1, 0.15) is 0 Å². The maximum absolute atomic E-state index is 6.05. The summed E-state index contributed by atoms with van der Waals surface area (Å²) < 4.78 is 0. The molecule has 0 heterocycles. The molecule has 2 heteroatoms. The molecule has 0 bridgehead atoms. The lowest BCUT2D eigenvalue weighted by molar-refractivity contribution is 0.621. The number of benzene rings is 1. The van der Waals surface area contributed by atoms with E-state index in [1.807, 2.05) is 19.1 Å². The van der Waals surface area contributed by atoms with Gasteiger partial charge in [0.2, 0.25) is 0 Å². The summed E-state index contributed by atoms with van der Waals surface area (Å²) in [6.07, 6.45) is 7.84. The van der Waals surface area contributed by atoms with Crippen LogP contribution in [0.3, 0.4) is 0 Å². The summed E-state index contributed by atoms with van der Waals surface area (Å²) in [5, 5.41) is 0.748. The van der Waals surface area contributed by atoms with E-state index in [-0.39, 0.29) is 6.04 Å². The third-order valence-electron chi connectivity index (χ3n) is 2.33. The molecule has 1 aromatic carbocycles. The van der Waals surface area contributed by atoms with E-state index in [9.17, 15) is 0 Å². The van der Waals surface area contributed by atoms with E-state index in [1.54, 1.807) is 0 Å². The molecular formula is C13H16ClN. The monoisotopic (exact) mass is 221 g/mol. The first-order chi connectivity index (χ1) is 7.13. The summed E-state index contributed by atoms with van der Waals surface area (Å²) in [5.74, 6) is 2.62. The molecule has 0 saturated carbocycles. The van der Waals surface area contributed by atoms with Crippen molar-refractivity contribution >= 4 is 11.6 Å². The second kappa shape index (κ2) is 5.80. The molecule has 0 aromatic heterocycles. The van der Waals surface area contributed by atoms with E-state index in [2.05, 4.69) is 12.0 Å². The molecule has 0 fully saturated rings. The van der Waals surface area contributed by atoms with Gasteiger partial charge in [0.15, 0.2) is 0 Å². The van der Waals surface area contributed by atoms with E-state index in [0.29, 0.717) is 0 Å². The summed E-state index contributed by atoms with van der Waals surface area (Å²) in [5.41, 5.74) is 8.28. The second-order valence-electron chi connectivity index (χ2n) is 3.76. The number of hydrogen-bond acceptors (Lipinski definition) is 1. The minimum Gasteiger partial charge on any atom is -0.324 e. The van der Waals surface area contributed by atoms with Gasteiger partial charge in [-0.15, -0.1) is 12.3 Å². The lowest BCUT2D eigenvalue weighted by Gasteiger charge is -2.12. The smallest absolute Gasteiger partial charge is 0.0411 e. The van der Waals surface area contributed by atoms with Gasteiger partial charge in [0.25, 0.3) is 0 Å². The molecule has 1 atom stereocenters. The van der Waals surface area contributed by atoms with Crippen LogP contribution >= 0.6 is 11.6 Å². The molecule has 1 nitrogen and oxygen atoms in total. The third-order valence-corrected chi connectivity index (χ3v) is 2.55. The zero-order valence-corrected chi connectivity index (χ0v) is 9.72. The molecule has 0 amide bonds. The minimum absolute atomic E-state index is 0.0377. The standard InChI is InChI=1S/C13H16ClN/c1-3-4-5-6-13(15)11-7-10(2)8-12(14)9-11/h1,7-9,13H,4-6,15H2,2H3. The van der Waals surface area contributed by atoms with Crippen molar-refractivity contribution in [3.05, 3.63) is 34.3 Å². The molecule has 15 heavy (non-hydrogen) atoms. The summed E-state index contributed by atoms with van der Waals surface area (Å²) in [6, 6.07) is 5.97. The van der Waals surface area contributed by atoms with Crippen molar-refractivity contribution in [2.24, 2.45) is 5.73 Å². The van der Waals surface area contributed by atoms with Crippen LogP contribution < -0.4 is 5.73 Å². The number of rotatable bonds is 4. The first kappa shape index (κ1) is 12.1. The van der Waals surface area contributed by atoms with Crippen molar-refractivity contribution in [3.63, 3.8) is 0 Å². The molecule has 0 saturated heterocycles. The number of halogens is 1. The van der Waals surface area contributed by atoms with Gasteiger partial charge in [-0.2, -0.15) is 0 Å². The highest BCUT2D eigenvalue weighted by atomic mass is 35.5. The molecule has 1 rings (SSSR count). The predicted molar refractivity (Wildman–Crippen MR) is 65.8 cm³/mol. The summed E-state index contributed by atoms with van der Waals surface area (Å²) in [7, 11) is 0. The van der Waals surface area contributed by atoms with Crippen LogP contribution in [-0.2, 0) is 0 Å². The van der Waals surface area contributed by atoms with Crippen LogP contribution in [0.2, 0.25) is 5.02 Å². The largest absolute Gasteiger partial charge is 0.324 e. The first-order valence-electron chi connectivity index (χ1n) is 5.09. The highest BCUT2D eigenvalue weighted by Crippen LogP contribution is 2.22. The maximum Gasteiger partial charge on any atom is 0.0411 e. The quantitative estimate of drug-likeness (QED) is 0.612. The van der Waals surface area contributed by atoms with Crippen LogP contribution in [0.25, 0.3) is 0 Å². The van der Waals surface area contributed by atoms with Crippen molar-refractivity contribution in [2.75, 3.05) is 0 Å². The van der Waals surface area contributed by atoms with Gasteiger partial charge < -0.3 is 5.73 Å². The Hall–Kier alpha value is -0.970. The topological polar surface area (TPSA) is 26.0 Å². The van der Waals surface area contributed by atoms with Crippen LogP contribution in [0, 0.1) is 19.3 Å². The highest BCUT2D eigenvalue weighted by Gasteiger charge is 2.06. The molecule has 0 radical (unpaired) electrons. The van der Waals surface area contributed by atoms with Crippen molar-refractivity contribution in [1.29, 1.82) is 0 Å². The van der Waals surface area contributed by atoms with E-state index < -0.39 is 0 Å². The van der Waals surface area contributed by atoms with E-state index >= 15 is 0 Å². The Balaban J connectivity index is 2.65. The molecule has 0 aliphatic rings. The van der Waals surface area contributed by atoms with Gasteiger partial charge in [-0.05, 0) is 43.0 Å². The first-order valence-corrected chi connectivity index (χ1v) is 5.47. The molecule has 2 N–H and O–H groups in total. The van der Waals surface area contributed by atoms with Crippen molar-refractivity contribution in [3.8, 4) is 12.3 Å². The van der Waals surface area contributed by atoms with Gasteiger partial charge in [-0.3, -0.25) is 0 Å². The average Bonchev–Trinajstić information content (AvgIpc) is 2.16. The number of hydrogen-bond donors (Lipinski definition) is 1. The van der Waals surface area contributed by atoms with Crippen LogP contribution in [0.5, 0.6) is 0 Å². The Kier molecular flexibility index (Phi) is 4.68. The van der Waals surface area contributed by atoms with Crippen molar-refractivity contribution in [1.82, 2.24) is 0 Å². The number of nitrogens with two attached hydrogens (primary N) is 1. The lowest BCUT2D eigenvalue weighted by atomic mass is 10.0. The Morgan fingerprint density at radius 2 is 2.20 bits per heavy atom. The number of aryl methyl sites for hydroxylation is 1. The van der Waals surface area contributed by atoms with Crippen LogP contribution in [-0.4, -0.2) is 0 Å². The number of terminal acetylenes is 1. The Morgan fingerprint density at radius 1 is 1.47 bits per heavy atom. The minimum atomic E-state index is 0.0377. The maximum atomic E-state index is 6.05. The van der Waals surface area contributed by atoms with Crippen molar-refractivity contribution in [2.45, 2.75) is 32.2 Å². The zero-order chi connectivity index (χ0) is 11.3. The molecule has 0 aliphatic carbocycles. The number of unbranched alkanes of at least 4 members (excludes halogenated alkanes) is 1. The third kappa shape index (κ3) is 3.95. The molecule has 1 aromatic rings. The lowest BCUT2D eigenvalue weighted by Crippen LogP contribution is -2.10. The van der Waals surface area contributed by atoms with Crippen LogP contribution in [0.15, 0.2) is 18.2 Å². The molecular weight excluding hydrogens is 206 g/mol. The molecule has 0 aliphatic heterocycles.